The van der Waals surface area contributed by atoms with E-state index >= 15 is 0 Å². The number of ether oxygens (including phenoxy) is 1. The number of nitrogens with zero attached hydrogens (tertiary/aromatic N) is 3. The molecule has 0 atom stereocenters. The molecule has 0 aliphatic rings. The Morgan fingerprint density at radius 1 is 1.09 bits per heavy atom. The van der Waals surface area contributed by atoms with Crippen LogP contribution in [0.15, 0.2) is 67.0 Å². The third-order valence-electron chi connectivity index (χ3n) is 5.07. The summed E-state index contributed by atoms with van der Waals surface area (Å²) >= 11 is 11.9. The van der Waals surface area contributed by atoms with Crippen molar-refractivity contribution in [1.29, 1.82) is 0 Å². The second-order valence-corrected chi connectivity index (χ2v) is 8.08. The van der Waals surface area contributed by atoms with Crippen LogP contribution >= 0.6 is 23.2 Å². The molecule has 34 heavy (non-hydrogen) atoms. The minimum Gasteiger partial charge on any atom is -0.482 e. The fourth-order valence-electron chi connectivity index (χ4n) is 3.48. The zero-order valence-corrected chi connectivity index (χ0v) is 19.8. The van der Waals surface area contributed by atoms with E-state index in [0.29, 0.717) is 33.8 Å². The van der Waals surface area contributed by atoms with Gasteiger partial charge in [0, 0.05) is 17.0 Å². The van der Waals surface area contributed by atoms with Crippen LogP contribution in [0.25, 0.3) is 10.8 Å². The normalized spacial score (nSPS) is 10.7. The lowest BCUT2D eigenvalue weighted by Gasteiger charge is -2.25. The average molecular weight is 497 g/mol. The highest BCUT2D eigenvalue weighted by Crippen LogP contribution is 2.35. The van der Waals surface area contributed by atoms with Crippen molar-refractivity contribution in [3.63, 3.8) is 0 Å². The smallest absolute Gasteiger partial charge is 0.276 e. The van der Waals surface area contributed by atoms with Gasteiger partial charge in [-0.1, -0.05) is 59.6 Å². The molecule has 0 fully saturated rings. The molecule has 0 spiro atoms. The molecule has 0 aliphatic carbocycles. The largest absolute Gasteiger partial charge is 0.482 e. The van der Waals surface area contributed by atoms with Gasteiger partial charge >= 0.3 is 0 Å². The molecular weight excluding hydrogens is 475 g/mol. The van der Waals surface area contributed by atoms with Gasteiger partial charge < -0.3 is 15.4 Å². The van der Waals surface area contributed by atoms with Gasteiger partial charge in [0.05, 0.1) is 10.7 Å². The molecule has 3 aromatic carbocycles. The number of carbonyl (C=O) groups is 1. The third kappa shape index (κ3) is 5.08. The molecule has 1 heterocycles. The lowest BCUT2D eigenvalue weighted by Crippen LogP contribution is -2.34. The monoisotopic (exact) mass is 496 g/mol. The Labute approximate surface area is 206 Å². The highest BCUT2D eigenvalue weighted by molar-refractivity contribution is 6.35. The number of carbonyl (C=O) groups excluding carboxylic acids is 1. The van der Waals surface area contributed by atoms with Gasteiger partial charge in [-0.2, -0.15) is 0 Å². The van der Waals surface area contributed by atoms with Gasteiger partial charge in [-0.25, -0.2) is 9.97 Å². The number of amides is 1. The summed E-state index contributed by atoms with van der Waals surface area (Å²) in [6.45, 7) is 2.36. The number of rotatable bonds is 8. The van der Waals surface area contributed by atoms with Crippen LogP contribution in [0.2, 0.25) is 10.0 Å². The molecular formula is C24H22Cl2N6O2. The summed E-state index contributed by atoms with van der Waals surface area (Å²) in [5.74, 6) is 0.682. The molecule has 1 aromatic heterocycles. The minimum absolute atomic E-state index is 0.265. The van der Waals surface area contributed by atoms with E-state index in [1.165, 1.54) is 12.4 Å². The quantitative estimate of drug-likeness (QED) is 0.288. The van der Waals surface area contributed by atoms with E-state index in [1.807, 2.05) is 36.1 Å². The van der Waals surface area contributed by atoms with Gasteiger partial charge in [-0.3, -0.25) is 15.6 Å². The average Bonchev–Trinajstić information content (AvgIpc) is 2.84. The molecule has 0 saturated heterocycles. The maximum Gasteiger partial charge on any atom is 0.276 e. The molecule has 0 unspecified atom stereocenters. The van der Waals surface area contributed by atoms with Crippen molar-refractivity contribution >= 4 is 62.9 Å². The maximum absolute atomic E-state index is 12.3. The molecule has 0 saturated carbocycles. The molecule has 0 bridgehead atoms. The fourth-order valence-corrected chi connectivity index (χ4v) is 3.94. The van der Waals surface area contributed by atoms with Crippen molar-refractivity contribution in [2.24, 2.45) is 0 Å². The molecule has 8 nitrogen and oxygen atoms in total. The van der Waals surface area contributed by atoms with Crippen LogP contribution in [0.5, 0.6) is 5.75 Å². The van der Waals surface area contributed by atoms with Crippen LogP contribution in [-0.2, 0) is 4.79 Å². The number of nitrogens with two attached hydrogens (primary N) is 1. The van der Waals surface area contributed by atoms with E-state index in [1.54, 1.807) is 12.1 Å². The Bertz CT molecular complexity index is 1330. The number of anilines is 4. The van der Waals surface area contributed by atoms with Gasteiger partial charge in [0.1, 0.15) is 17.8 Å². The van der Waals surface area contributed by atoms with E-state index in [9.17, 15) is 4.79 Å². The predicted molar refractivity (Wildman–Crippen MR) is 137 cm³/mol. The Morgan fingerprint density at radius 2 is 1.88 bits per heavy atom. The summed E-state index contributed by atoms with van der Waals surface area (Å²) in [6.07, 6.45) is 1.39. The first kappa shape index (κ1) is 23.4. The van der Waals surface area contributed by atoms with Crippen molar-refractivity contribution < 1.29 is 9.53 Å². The summed E-state index contributed by atoms with van der Waals surface area (Å²) in [7, 11) is 0. The Morgan fingerprint density at radius 3 is 2.68 bits per heavy atom. The summed E-state index contributed by atoms with van der Waals surface area (Å²) < 4.78 is 5.44. The van der Waals surface area contributed by atoms with Crippen LogP contribution in [-0.4, -0.2) is 29.0 Å². The van der Waals surface area contributed by atoms with E-state index in [2.05, 4.69) is 39.0 Å². The second-order valence-electron chi connectivity index (χ2n) is 7.24. The fraction of sp³-hybridized carbons (Fsp3) is 0.125. The van der Waals surface area contributed by atoms with Crippen molar-refractivity contribution in [1.82, 2.24) is 15.4 Å². The van der Waals surface area contributed by atoms with Crippen molar-refractivity contribution in [3.8, 4) is 5.75 Å². The SMILES string of the molecule is CCN(c1ncnc(NNC(=O)COc2ccc(Cl)cc2Cl)c1N)c1cccc2ccccc12. The number of hydrogen-bond donors (Lipinski definition) is 3. The van der Waals surface area contributed by atoms with Crippen LogP contribution in [0.1, 0.15) is 6.92 Å². The second kappa shape index (κ2) is 10.5. The number of aromatic nitrogens is 2. The third-order valence-corrected chi connectivity index (χ3v) is 5.60. The number of halogens is 2. The standard InChI is InChI=1S/C24H22Cl2N6O2/c1-2-32(19-9-5-7-15-6-3-4-8-17(15)19)24-22(27)23(28-14-29-24)31-30-21(33)13-34-20-11-10-16(25)12-18(20)26/h3-12,14H,2,13,27H2,1H3,(H,30,33)(H,28,29,31). The first-order chi connectivity index (χ1) is 16.5. The number of nitrogen functional groups attached to an aromatic ring is 1. The zero-order chi connectivity index (χ0) is 24.1. The Kier molecular flexibility index (Phi) is 7.20. The number of hydrogen-bond acceptors (Lipinski definition) is 7. The summed E-state index contributed by atoms with van der Waals surface area (Å²) in [5, 5.41) is 2.97. The maximum atomic E-state index is 12.3. The zero-order valence-electron chi connectivity index (χ0n) is 18.3. The molecule has 10 heteroatoms. The molecule has 4 N–H and O–H groups in total. The summed E-state index contributed by atoms with van der Waals surface area (Å²) in [4.78, 5) is 22.8. The molecule has 1 amide bonds. The van der Waals surface area contributed by atoms with Crippen molar-refractivity contribution in [3.05, 3.63) is 77.0 Å². The van der Waals surface area contributed by atoms with Crippen molar-refractivity contribution in [2.75, 3.05) is 29.2 Å². The van der Waals surface area contributed by atoms with Gasteiger partial charge in [0.25, 0.3) is 5.91 Å². The van der Waals surface area contributed by atoms with Crippen LogP contribution in [0.4, 0.5) is 23.0 Å². The van der Waals surface area contributed by atoms with Crippen LogP contribution < -0.4 is 26.2 Å². The van der Waals surface area contributed by atoms with Crippen LogP contribution in [0.3, 0.4) is 0 Å². The van der Waals surface area contributed by atoms with Crippen LogP contribution in [0, 0.1) is 0 Å². The minimum atomic E-state index is -0.452. The lowest BCUT2D eigenvalue weighted by atomic mass is 10.1. The van der Waals surface area contributed by atoms with E-state index in [4.69, 9.17) is 33.7 Å². The van der Waals surface area contributed by atoms with Gasteiger partial charge in [0.2, 0.25) is 0 Å². The summed E-state index contributed by atoms with van der Waals surface area (Å²) in [6, 6.07) is 18.9. The number of fused-ring (bicyclic) bond motifs is 1. The van der Waals surface area contributed by atoms with E-state index in [0.717, 1.165) is 16.5 Å². The first-order valence-electron chi connectivity index (χ1n) is 10.5. The topological polar surface area (TPSA) is 105 Å². The Balaban J connectivity index is 1.48. The molecule has 4 rings (SSSR count). The van der Waals surface area contributed by atoms with Crippen molar-refractivity contribution in [2.45, 2.75) is 6.92 Å². The molecule has 174 valence electrons. The van der Waals surface area contributed by atoms with E-state index < -0.39 is 5.91 Å². The highest BCUT2D eigenvalue weighted by atomic mass is 35.5. The molecule has 4 aromatic rings. The molecule has 0 aliphatic heterocycles. The lowest BCUT2D eigenvalue weighted by molar-refractivity contribution is -0.122. The first-order valence-corrected chi connectivity index (χ1v) is 11.2. The van der Waals surface area contributed by atoms with Gasteiger partial charge in [-0.05, 0) is 36.6 Å². The predicted octanol–water partition coefficient (Wildman–Crippen LogP) is 5.20. The number of hydrazine groups is 1. The summed E-state index contributed by atoms with van der Waals surface area (Å²) in [5.41, 5.74) is 12.9. The van der Waals surface area contributed by atoms with Gasteiger partial charge in [-0.15, -0.1) is 0 Å². The van der Waals surface area contributed by atoms with E-state index in [-0.39, 0.29) is 12.4 Å². The Hall–Kier alpha value is -3.75. The number of benzene rings is 3. The van der Waals surface area contributed by atoms with Gasteiger partial charge in [0.15, 0.2) is 18.2 Å². The number of nitrogens with one attached hydrogen (secondary N) is 2. The molecule has 0 radical (unpaired) electrons. The highest BCUT2D eigenvalue weighted by Gasteiger charge is 2.18.